The molecule has 0 saturated carbocycles. The number of fused-ring (bicyclic) bond motifs is 1. The molecule has 36 heavy (non-hydrogen) atoms. The summed E-state index contributed by atoms with van der Waals surface area (Å²) in [6, 6.07) is 8.65. The Morgan fingerprint density at radius 1 is 1.08 bits per heavy atom. The van der Waals surface area contributed by atoms with Crippen molar-refractivity contribution in [1.29, 1.82) is 0 Å². The zero-order chi connectivity index (χ0) is 24.6. The van der Waals surface area contributed by atoms with Crippen LogP contribution in [0, 0.1) is 5.82 Å². The maximum absolute atomic E-state index is 14.6. The molecule has 1 aliphatic heterocycles. The second-order valence-corrected chi connectivity index (χ2v) is 8.06. The van der Waals surface area contributed by atoms with E-state index < -0.39 is 18.1 Å². The molecule has 11 nitrogen and oxygen atoms in total. The third-order valence-corrected chi connectivity index (χ3v) is 5.64. The Hall–Kier alpha value is -4.46. The van der Waals surface area contributed by atoms with Crippen LogP contribution in [0.1, 0.15) is 29.4 Å². The van der Waals surface area contributed by atoms with Gasteiger partial charge in [0, 0.05) is 42.5 Å². The van der Waals surface area contributed by atoms with Crippen LogP contribution in [-0.2, 0) is 19.5 Å². The Kier molecular flexibility index (Phi) is 5.48. The van der Waals surface area contributed by atoms with Gasteiger partial charge in [0.2, 0.25) is 11.7 Å². The highest BCUT2D eigenvalue weighted by Crippen LogP contribution is 2.26. The number of tetrazole rings is 1. The summed E-state index contributed by atoms with van der Waals surface area (Å²) in [6.07, 6.45) is -0.769. The quantitative estimate of drug-likeness (QED) is 0.365. The van der Waals surface area contributed by atoms with E-state index in [1.165, 1.54) is 11.0 Å². The lowest BCUT2D eigenvalue weighted by Crippen LogP contribution is -2.23. The molecule has 0 fully saturated rings. The molecule has 182 valence electrons. The van der Waals surface area contributed by atoms with Gasteiger partial charge in [0.15, 0.2) is 0 Å². The standard InChI is InChI=1S/C22H17F3N10O/c23-14-7-13(21-31-32-22(36-21)18(24)25)8-27-17(14)10-35-33-20(30-34-35)12-3-1-2-11(6-12)19-28-15-4-5-26-9-16(15)29-19/h1-3,6-8,18,26H,4-5,9-10H2,(H,28,29). The highest BCUT2D eigenvalue weighted by atomic mass is 19.3. The number of nitrogens with zero attached hydrogens (tertiary/aromatic N) is 8. The number of halogens is 3. The van der Waals surface area contributed by atoms with E-state index in [2.05, 4.69) is 45.9 Å². The van der Waals surface area contributed by atoms with Crippen molar-refractivity contribution < 1.29 is 17.6 Å². The number of hydrogen-bond donors (Lipinski definition) is 2. The second-order valence-electron chi connectivity index (χ2n) is 8.06. The number of aromatic amines is 1. The summed E-state index contributed by atoms with van der Waals surface area (Å²) < 4.78 is 44.8. The Labute approximate surface area is 200 Å². The molecule has 0 unspecified atom stereocenters. The van der Waals surface area contributed by atoms with Crippen molar-refractivity contribution in [3.8, 4) is 34.2 Å². The van der Waals surface area contributed by atoms with Crippen molar-refractivity contribution >= 4 is 0 Å². The van der Waals surface area contributed by atoms with E-state index in [-0.39, 0.29) is 23.7 Å². The van der Waals surface area contributed by atoms with Gasteiger partial charge in [-0.3, -0.25) is 4.98 Å². The fourth-order valence-electron chi connectivity index (χ4n) is 3.86. The maximum atomic E-state index is 14.6. The highest BCUT2D eigenvalue weighted by Gasteiger charge is 2.19. The lowest BCUT2D eigenvalue weighted by Gasteiger charge is -2.09. The van der Waals surface area contributed by atoms with Crippen LogP contribution in [-0.4, -0.2) is 51.9 Å². The van der Waals surface area contributed by atoms with E-state index in [0.29, 0.717) is 5.82 Å². The molecule has 0 spiro atoms. The number of hydrogen-bond acceptors (Lipinski definition) is 9. The molecule has 0 aliphatic carbocycles. The third kappa shape index (κ3) is 4.22. The van der Waals surface area contributed by atoms with E-state index in [9.17, 15) is 13.2 Å². The van der Waals surface area contributed by atoms with Crippen LogP contribution < -0.4 is 5.32 Å². The van der Waals surface area contributed by atoms with E-state index in [1.54, 1.807) is 0 Å². The van der Waals surface area contributed by atoms with Crippen LogP contribution in [0.25, 0.3) is 34.2 Å². The number of aromatic nitrogens is 9. The average molecular weight is 494 g/mol. The minimum Gasteiger partial charge on any atom is -0.415 e. The number of H-pyrrole nitrogens is 1. The van der Waals surface area contributed by atoms with E-state index in [4.69, 9.17) is 4.42 Å². The Morgan fingerprint density at radius 3 is 2.78 bits per heavy atom. The predicted molar refractivity (Wildman–Crippen MR) is 118 cm³/mol. The molecule has 5 aromatic rings. The molecule has 0 radical (unpaired) electrons. The van der Waals surface area contributed by atoms with Crippen LogP contribution >= 0.6 is 0 Å². The molecule has 14 heteroatoms. The molecule has 0 bridgehead atoms. The number of pyridine rings is 1. The van der Waals surface area contributed by atoms with Gasteiger partial charge in [-0.1, -0.05) is 18.2 Å². The number of benzene rings is 1. The highest BCUT2D eigenvalue weighted by molar-refractivity contribution is 5.66. The molecule has 2 N–H and O–H groups in total. The summed E-state index contributed by atoms with van der Waals surface area (Å²) in [5, 5.41) is 22.5. The van der Waals surface area contributed by atoms with Gasteiger partial charge in [0.05, 0.1) is 17.0 Å². The van der Waals surface area contributed by atoms with Gasteiger partial charge in [-0.05, 0) is 17.3 Å². The van der Waals surface area contributed by atoms with Gasteiger partial charge in [-0.15, -0.1) is 20.4 Å². The molecule has 0 saturated heterocycles. The fraction of sp³-hybridized carbons (Fsp3) is 0.227. The summed E-state index contributed by atoms with van der Waals surface area (Å²) in [5.41, 5.74) is 3.86. The Morgan fingerprint density at radius 2 is 1.97 bits per heavy atom. The first-order valence-electron chi connectivity index (χ1n) is 11.0. The van der Waals surface area contributed by atoms with Crippen molar-refractivity contribution in [1.82, 2.24) is 50.7 Å². The van der Waals surface area contributed by atoms with Crippen LogP contribution in [0.4, 0.5) is 13.2 Å². The summed E-state index contributed by atoms with van der Waals surface area (Å²) in [5.74, 6) is -0.676. The van der Waals surface area contributed by atoms with E-state index in [1.807, 2.05) is 24.3 Å². The first-order chi connectivity index (χ1) is 17.5. The SMILES string of the molecule is Fc1cc(-c2nnc(C(F)F)o2)cnc1Cn1nnc(-c2cccc(-c3nc4c([nH]3)CCNC4)c2)n1. The van der Waals surface area contributed by atoms with Gasteiger partial charge in [0.25, 0.3) is 5.89 Å². The molecule has 0 amide bonds. The van der Waals surface area contributed by atoms with Crippen molar-refractivity contribution in [2.24, 2.45) is 0 Å². The largest absolute Gasteiger partial charge is 0.415 e. The minimum absolute atomic E-state index is 0.0276. The Bertz CT molecular complexity index is 1520. The van der Waals surface area contributed by atoms with Gasteiger partial charge in [0.1, 0.15) is 18.2 Å². The zero-order valence-corrected chi connectivity index (χ0v) is 18.5. The van der Waals surface area contributed by atoms with E-state index >= 15 is 0 Å². The third-order valence-electron chi connectivity index (χ3n) is 5.64. The molecule has 0 atom stereocenters. The summed E-state index contributed by atoms with van der Waals surface area (Å²) >= 11 is 0. The van der Waals surface area contributed by atoms with Crippen molar-refractivity contribution in [3.63, 3.8) is 0 Å². The van der Waals surface area contributed by atoms with Crippen molar-refractivity contribution in [2.45, 2.75) is 25.9 Å². The van der Waals surface area contributed by atoms with Crippen LogP contribution in [0.3, 0.4) is 0 Å². The minimum atomic E-state index is -2.92. The summed E-state index contributed by atoms with van der Waals surface area (Å²) in [7, 11) is 0. The van der Waals surface area contributed by atoms with Crippen LogP contribution in [0.5, 0.6) is 0 Å². The number of rotatable bonds is 6. The summed E-state index contributed by atoms with van der Waals surface area (Å²) in [6.45, 7) is 1.55. The Balaban J connectivity index is 1.20. The molecule has 1 aliphatic rings. The lowest BCUT2D eigenvalue weighted by atomic mass is 10.1. The molecule has 5 heterocycles. The predicted octanol–water partition coefficient (Wildman–Crippen LogP) is 2.95. The molecule has 6 rings (SSSR count). The van der Waals surface area contributed by atoms with Gasteiger partial charge in [-0.25, -0.2) is 9.37 Å². The van der Waals surface area contributed by atoms with Crippen molar-refractivity contribution in [3.05, 3.63) is 65.3 Å². The number of nitrogens with one attached hydrogen (secondary N) is 2. The normalized spacial score (nSPS) is 13.3. The first kappa shape index (κ1) is 22.0. The van der Waals surface area contributed by atoms with Crippen LogP contribution in [0.15, 0.2) is 40.9 Å². The fourth-order valence-corrected chi connectivity index (χ4v) is 3.86. The summed E-state index contributed by atoms with van der Waals surface area (Å²) in [4.78, 5) is 13.3. The van der Waals surface area contributed by atoms with Crippen molar-refractivity contribution in [2.75, 3.05) is 6.54 Å². The van der Waals surface area contributed by atoms with Gasteiger partial charge in [-0.2, -0.15) is 13.6 Å². The topological polar surface area (TPSA) is 136 Å². The van der Waals surface area contributed by atoms with E-state index in [0.717, 1.165) is 53.9 Å². The molecular formula is C22H17F3N10O. The van der Waals surface area contributed by atoms with Gasteiger partial charge < -0.3 is 14.7 Å². The second kappa shape index (κ2) is 8.96. The lowest BCUT2D eigenvalue weighted by molar-refractivity contribution is 0.116. The maximum Gasteiger partial charge on any atom is 0.314 e. The average Bonchev–Trinajstić information content (AvgIpc) is 3.65. The molecule has 1 aromatic carbocycles. The van der Waals surface area contributed by atoms with Gasteiger partial charge >= 0.3 is 6.43 Å². The molecule has 4 aromatic heterocycles. The molecular weight excluding hydrogens is 477 g/mol. The zero-order valence-electron chi connectivity index (χ0n) is 18.5. The number of alkyl halides is 2. The first-order valence-corrected chi connectivity index (χ1v) is 11.0. The van der Waals surface area contributed by atoms with Crippen LogP contribution in [0.2, 0.25) is 0 Å². The number of imidazole rings is 1. The smallest absolute Gasteiger partial charge is 0.314 e. The monoisotopic (exact) mass is 494 g/mol.